The van der Waals surface area contributed by atoms with Gasteiger partial charge in [0.2, 0.25) is 0 Å². The van der Waals surface area contributed by atoms with Crippen molar-refractivity contribution < 1.29 is 9.53 Å². The molecule has 1 fully saturated rings. The van der Waals surface area contributed by atoms with Crippen LogP contribution < -0.4 is 0 Å². The van der Waals surface area contributed by atoms with Crippen LogP contribution in [0.4, 0.5) is 0 Å². The Bertz CT molecular complexity index is 136. The maximum Gasteiger partial charge on any atom is 0.133 e. The molecule has 0 aromatic carbocycles. The second-order valence-corrected chi connectivity index (χ2v) is 3.28. The van der Waals surface area contributed by atoms with Gasteiger partial charge in [0.05, 0.1) is 5.60 Å². The molecule has 0 aliphatic heterocycles. The summed E-state index contributed by atoms with van der Waals surface area (Å²) < 4.78 is 5.42. The van der Waals surface area contributed by atoms with E-state index in [0.29, 0.717) is 18.6 Å². The number of hydrogen-bond donors (Lipinski definition) is 0. The first-order valence-corrected chi connectivity index (χ1v) is 4.29. The lowest BCUT2D eigenvalue weighted by atomic mass is 9.82. The molecule has 0 saturated heterocycles. The van der Waals surface area contributed by atoms with Crippen LogP contribution in [0.15, 0.2) is 0 Å². The largest absolute Gasteiger partial charge is 0.378 e. The Hall–Kier alpha value is -0.370. The highest BCUT2D eigenvalue weighted by Crippen LogP contribution is 2.31. The van der Waals surface area contributed by atoms with E-state index in [1.165, 1.54) is 0 Å². The first kappa shape index (κ1) is 8.72. The summed E-state index contributed by atoms with van der Waals surface area (Å²) in [5.41, 5.74) is 0.0217. The monoisotopic (exact) mass is 156 g/mol. The summed E-state index contributed by atoms with van der Waals surface area (Å²) in [5.74, 6) is 0.395. The molecule has 1 rings (SSSR count). The van der Waals surface area contributed by atoms with Gasteiger partial charge < -0.3 is 4.74 Å². The summed E-state index contributed by atoms with van der Waals surface area (Å²) in [6.45, 7) is 2.12. The SMILES string of the molecule is CCC1(OC)CCC(=O)CC1. The van der Waals surface area contributed by atoms with E-state index in [-0.39, 0.29) is 5.60 Å². The Morgan fingerprint density at radius 3 is 2.36 bits per heavy atom. The van der Waals surface area contributed by atoms with Crippen LogP contribution in [0.2, 0.25) is 0 Å². The highest BCUT2D eigenvalue weighted by molar-refractivity contribution is 5.79. The Balaban J connectivity index is 2.52. The van der Waals surface area contributed by atoms with Gasteiger partial charge in [0, 0.05) is 20.0 Å². The molecule has 1 aliphatic carbocycles. The molecule has 0 bridgehead atoms. The van der Waals surface area contributed by atoms with Gasteiger partial charge in [0.15, 0.2) is 0 Å². The molecule has 0 unspecified atom stereocenters. The van der Waals surface area contributed by atoms with Gasteiger partial charge in [-0.15, -0.1) is 0 Å². The van der Waals surface area contributed by atoms with Gasteiger partial charge in [0.1, 0.15) is 5.78 Å². The molecule has 0 spiro atoms. The van der Waals surface area contributed by atoms with Crippen molar-refractivity contribution in [3.63, 3.8) is 0 Å². The lowest BCUT2D eigenvalue weighted by Crippen LogP contribution is -2.35. The number of carbonyl (C=O) groups excluding carboxylic acids is 1. The standard InChI is InChI=1S/C9H16O2/c1-3-9(11-2)6-4-8(10)5-7-9/h3-7H2,1-2H3. The van der Waals surface area contributed by atoms with E-state index in [1.54, 1.807) is 7.11 Å². The zero-order valence-corrected chi connectivity index (χ0v) is 7.35. The summed E-state index contributed by atoms with van der Waals surface area (Å²) in [6, 6.07) is 0. The van der Waals surface area contributed by atoms with E-state index < -0.39 is 0 Å². The van der Waals surface area contributed by atoms with Crippen molar-refractivity contribution in [2.45, 2.75) is 44.6 Å². The minimum Gasteiger partial charge on any atom is -0.378 e. The Morgan fingerprint density at radius 2 is 2.00 bits per heavy atom. The second-order valence-electron chi connectivity index (χ2n) is 3.28. The topological polar surface area (TPSA) is 26.3 Å². The lowest BCUT2D eigenvalue weighted by molar-refractivity contribution is -0.127. The molecule has 1 saturated carbocycles. The molecular formula is C9H16O2. The Kier molecular flexibility index (Phi) is 2.66. The highest BCUT2D eigenvalue weighted by atomic mass is 16.5. The van der Waals surface area contributed by atoms with Gasteiger partial charge in [-0.25, -0.2) is 0 Å². The average Bonchev–Trinajstić information content (AvgIpc) is 2.07. The molecule has 2 heteroatoms. The number of ether oxygens (including phenoxy) is 1. The zero-order chi connectivity index (χ0) is 8.32. The van der Waals surface area contributed by atoms with E-state index in [0.717, 1.165) is 19.3 Å². The van der Waals surface area contributed by atoms with Crippen LogP contribution in [0.5, 0.6) is 0 Å². The predicted molar refractivity (Wildman–Crippen MR) is 43.5 cm³/mol. The third kappa shape index (κ3) is 1.80. The summed E-state index contributed by atoms with van der Waals surface area (Å²) in [4.78, 5) is 10.9. The number of ketones is 1. The van der Waals surface area contributed by atoms with Gasteiger partial charge in [-0.1, -0.05) is 6.92 Å². The molecular weight excluding hydrogens is 140 g/mol. The maximum atomic E-state index is 10.9. The number of methoxy groups -OCH3 is 1. The summed E-state index contributed by atoms with van der Waals surface area (Å²) in [5, 5.41) is 0. The van der Waals surface area contributed by atoms with Crippen molar-refractivity contribution >= 4 is 5.78 Å². The van der Waals surface area contributed by atoms with Crippen molar-refractivity contribution in [3.8, 4) is 0 Å². The fraction of sp³-hybridized carbons (Fsp3) is 0.889. The summed E-state index contributed by atoms with van der Waals surface area (Å²) in [7, 11) is 1.75. The summed E-state index contributed by atoms with van der Waals surface area (Å²) >= 11 is 0. The van der Waals surface area contributed by atoms with Crippen LogP contribution >= 0.6 is 0 Å². The molecule has 11 heavy (non-hydrogen) atoms. The Labute approximate surface area is 67.9 Å². The third-order valence-corrected chi connectivity index (χ3v) is 2.80. The molecule has 2 nitrogen and oxygen atoms in total. The number of hydrogen-bond acceptors (Lipinski definition) is 2. The maximum absolute atomic E-state index is 10.9. The lowest BCUT2D eigenvalue weighted by Gasteiger charge is -2.34. The fourth-order valence-corrected chi connectivity index (χ4v) is 1.69. The van der Waals surface area contributed by atoms with Crippen molar-refractivity contribution in [1.29, 1.82) is 0 Å². The van der Waals surface area contributed by atoms with Crippen LogP contribution in [0.25, 0.3) is 0 Å². The van der Waals surface area contributed by atoms with Gasteiger partial charge in [-0.3, -0.25) is 4.79 Å². The highest BCUT2D eigenvalue weighted by Gasteiger charge is 2.32. The van der Waals surface area contributed by atoms with Gasteiger partial charge >= 0.3 is 0 Å². The third-order valence-electron chi connectivity index (χ3n) is 2.80. The van der Waals surface area contributed by atoms with E-state index >= 15 is 0 Å². The normalized spacial score (nSPS) is 23.6. The molecule has 1 aliphatic rings. The fourth-order valence-electron chi connectivity index (χ4n) is 1.69. The van der Waals surface area contributed by atoms with Crippen molar-refractivity contribution in [2.24, 2.45) is 0 Å². The predicted octanol–water partition coefficient (Wildman–Crippen LogP) is 1.92. The molecule has 0 radical (unpaired) electrons. The van der Waals surface area contributed by atoms with Crippen LogP contribution in [-0.4, -0.2) is 18.5 Å². The molecule has 0 heterocycles. The minimum absolute atomic E-state index is 0.0217. The molecule has 0 aromatic rings. The molecule has 0 aromatic heterocycles. The van der Waals surface area contributed by atoms with Crippen LogP contribution in [0.3, 0.4) is 0 Å². The number of Topliss-reactive ketones (excluding diaryl/α,β-unsaturated/α-hetero) is 1. The average molecular weight is 156 g/mol. The van der Waals surface area contributed by atoms with Crippen LogP contribution in [-0.2, 0) is 9.53 Å². The van der Waals surface area contributed by atoms with Gasteiger partial charge in [-0.05, 0) is 19.3 Å². The molecule has 0 N–H and O–H groups in total. The van der Waals surface area contributed by atoms with Crippen LogP contribution in [0.1, 0.15) is 39.0 Å². The zero-order valence-electron chi connectivity index (χ0n) is 7.35. The van der Waals surface area contributed by atoms with E-state index in [4.69, 9.17) is 4.74 Å². The first-order valence-electron chi connectivity index (χ1n) is 4.29. The van der Waals surface area contributed by atoms with E-state index in [9.17, 15) is 4.79 Å². The summed E-state index contributed by atoms with van der Waals surface area (Å²) in [6.07, 6.45) is 4.28. The molecule has 0 amide bonds. The van der Waals surface area contributed by atoms with E-state index in [2.05, 4.69) is 6.92 Å². The molecule has 64 valence electrons. The number of carbonyl (C=O) groups is 1. The Morgan fingerprint density at radius 1 is 1.45 bits per heavy atom. The second kappa shape index (κ2) is 3.35. The number of rotatable bonds is 2. The van der Waals surface area contributed by atoms with Gasteiger partial charge in [0.25, 0.3) is 0 Å². The smallest absolute Gasteiger partial charge is 0.133 e. The van der Waals surface area contributed by atoms with Gasteiger partial charge in [-0.2, -0.15) is 0 Å². The first-order chi connectivity index (χ1) is 5.22. The molecule has 0 atom stereocenters. The van der Waals surface area contributed by atoms with Crippen molar-refractivity contribution in [1.82, 2.24) is 0 Å². The van der Waals surface area contributed by atoms with Crippen LogP contribution in [0, 0.1) is 0 Å². The minimum atomic E-state index is 0.0217. The van der Waals surface area contributed by atoms with Crippen molar-refractivity contribution in [3.05, 3.63) is 0 Å². The van der Waals surface area contributed by atoms with E-state index in [1.807, 2.05) is 0 Å². The van der Waals surface area contributed by atoms with Crippen molar-refractivity contribution in [2.75, 3.05) is 7.11 Å². The quantitative estimate of drug-likeness (QED) is 0.610.